The number of fused-ring (bicyclic) bond motifs is 1. The maximum Gasteiger partial charge on any atom is 0.228 e. The lowest BCUT2D eigenvalue weighted by Gasteiger charge is -2.28. The van der Waals surface area contributed by atoms with E-state index in [-0.39, 0.29) is 24.1 Å². The van der Waals surface area contributed by atoms with Crippen LogP contribution in [0.5, 0.6) is 5.75 Å². The maximum absolute atomic E-state index is 13.2. The van der Waals surface area contributed by atoms with Gasteiger partial charge in [0, 0.05) is 36.3 Å². The molecule has 2 aromatic carbocycles. The van der Waals surface area contributed by atoms with Gasteiger partial charge in [0.2, 0.25) is 11.8 Å². The van der Waals surface area contributed by atoms with Crippen LogP contribution in [0.15, 0.2) is 53.1 Å². The molecule has 0 saturated carbocycles. The standard InChI is InChI=1S/C24H22FN3O4/c1-31-19-8-6-18(7-9-19)28-13-16(12-22(28)29)24(30)27-11-10-20-21(14-27)26-32-23(20)15-2-4-17(25)5-3-15/h2-9,16H,10-14H2,1H3. The Bertz CT molecular complexity index is 1160. The molecule has 1 aromatic heterocycles. The Morgan fingerprint density at radius 1 is 1.16 bits per heavy atom. The Morgan fingerprint density at radius 2 is 1.91 bits per heavy atom. The van der Waals surface area contributed by atoms with E-state index in [1.165, 1.54) is 12.1 Å². The molecule has 0 bridgehead atoms. The van der Waals surface area contributed by atoms with Crippen LogP contribution in [0, 0.1) is 11.7 Å². The van der Waals surface area contributed by atoms with Crippen LogP contribution in [0.1, 0.15) is 17.7 Å². The van der Waals surface area contributed by atoms with E-state index < -0.39 is 5.92 Å². The first kappa shape index (κ1) is 20.2. The van der Waals surface area contributed by atoms with Crippen molar-refractivity contribution < 1.29 is 23.2 Å². The predicted octanol–water partition coefficient (Wildman–Crippen LogP) is 3.43. The highest BCUT2D eigenvalue weighted by molar-refractivity contribution is 6.00. The molecule has 1 atom stereocenters. The Morgan fingerprint density at radius 3 is 2.62 bits per heavy atom. The average Bonchev–Trinajstić information content (AvgIpc) is 3.42. The molecular weight excluding hydrogens is 413 g/mol. The van der Waals surface area contributed by atoms with Crippen molar-refractivity contribution in [1.29, 1.82) is 0 Å². The summed E-state index contributed by atoms with van der Waals surface area (Å²) >= 11 is 0. The second-order valence-electron chi connectivity index (χ2n) is 8.06. The van der Waals surface area contributed by atoms with E-state index in [0.29, 0.717) is 43.3 Å². The van der Waals surface area contributed by atoms with Crippen molar-refractivity contribution in [1.82, 2.24) is 10.1 Å². The summed E-state index contributed by atoms with van der Waals surface area (Å²) in [6.45, 7) is 1.22. The van der Waals surface area contributed by atoms with Crippen LogP contribution in [-0.4, -0.2) is 42.1 Å². The molecule has 32 heavy (non-hydrogen) atoms. The Balaban J connectivity index is 1.28. The maximum atomic E-state index is 13.2. The Kier molecular flexibility index (Phi) is 5.13. The third-order valence-corrected chi connectivity index (χ3v) is 6.12. The first-order valence-corrected chi connectivity index (χ1v) is 10.5. The third kappa shape index (κ3) is 3.62. The van der Waals surface area contributed by atoms with Crippen molar-refractivity contribution in [3.63, 3.8) is 0 Å². The highest BCUT2D eigenvalue weighted by Crippen LogP contribution is 2.32. The third-order valence-electron chi connectivity index (χ3n) is 6.12. The second-order valence-corrected chi connectivity index (χ2v) is 8.06. The minimum absolute atomic E-state index is 0.0497. The monoisotopic (exact) mass is 435 g/mol. The number of halogens is 1. The number of aromatic nitrogens is 1. The van der Waals surface area contributed by atoms with Crippen molar-refractivity contribution >= 4 is 17.5 Å². The van der Waals surface area contributed by atoms with Gasteiger partial charge in [-0.25, -0.2) is 4.39 Å². The van der Waals surface area contributed by atoms with E-state index in [4.69, 9.17) is 9.26 Å². The van der Waals surface area contributed by atoms with Crippen LogP contribution in [0.4, 0.5) is 10.1 Å². The lowest BCUT2D eigenvalue weighted by molar-refractivity contribution is -0.136. The predicted molar refractivity (Wildman–Crippen MR) is 114 cm³/mol. The zero-order valence-electron chi connectivity index (χ0n) is 17.6. The van der Waals surface area contributed by atoms with Gasteiger partial charge in [-0.2, -0.15) is 0 Å². The molecule has 2 amide bonds. The molecule has 3 heterocycles. The summed E-state index contributed by atoms with van der Waals surface area (Å²) in [7, 11) is 1.59. The number of ether oxygens (including phenoxy) is 1. The van der Waals surface area contributed by atoms with E-state index in [1.807, 2.05) is 12.1 Å². The van der Waals surface area contributed by atoms with Crippen molar-refractivity contribution in [2.45, 2.75) is 19.4 Å². The molecule has 2 aliphatic heterocycles. The Labute approximate surface area is 184 Å². The van der Waals surface area contributed by atoms with Gasteiger partial charge in [0.25, 0.3) is 0 Å². The number of hydrogen-bond acceptors (Lipinski definition) is 5. The zero-order chi connectivity index (χ0) is 22.2. The number of anilines is 1. The number of amides is 2. The number of benzene rings is 2. The van der Waals surface area contributed by atoms with Crippen LogP contribution in [0.2, 0.25) is 0 Å². The molecule has 1 unspecified atom stereocenters. The van der Waals surface area contributed by atoms with Crippen LogP contribution in [0.25, 0.3) is 11.3 Å². The van der Waals surface area contributed by atoms with Crippen LogP contribution in [0.3, 0.4) is 0 Å². The van der Waals surface area contributed by atoms with Crippen LogP contribution >= 0.6 is 0 Å². The van der Waals surface area contributed by atoms with Gasteiger partial charge >= 0.3 is 0 Å². The topological polar surface area (TPSA) is 75.9 Å². The summed E-state index contributed by atoms with van der Waals surface area (Å²) < 4.78 is 23.9. The molecule has 3 aromatic rings. The molecule has 1 saturated heterocycles. The van der Waals surface area contributed by atoms with Gasteiger partial charge in [0.05, 0.1) is 19.6 Å². The first-order chi connectivity index (χ1) is 15.5. The SMILES string of the molecule is COc1ccc(N2CC(C(=O)N3CCc4c(noc4-c4ccc(F)cc4)C3)CC2=O)cc1. The molecule has 1 fully saturated rings. The fourth-order valence-corrected chi connectivity index (χ4v) is 4.39. The minimum Gasteiger partial charge on any atom is -0.497 e. The lowest BCUT2D eigenvalue weighted by atomic mass is 9.99. The summed E-state index contributed by atoms with van der Waals surface area (Å²) in [6, 6.07) is 13.3. The van der Waals surface area contributed by atoms with Gasteiger partial charge in [0.15, 0.2) is 5.76 Å². The van der Waals surface area contributed by atoms with Crippen molar-refractivity contribution in [3.8, 4) is 17.1 Å². The van der Waals surface area contributed by atoms with Crippen LogP contribution in [-0.2, 0) is 22.6 Å². The summed E-state index contributed by atoms with van der Waals surface area (Å²) in [6.07, 6.45) is 0.786. The molecule has 0 radical (unpaired) electrons. The zero-order valence-corrected chi connectivity index (χ0v) is 17.6. The molecule has 5 rings (SSSR count). The van der Waals surface area contributed by atoms with E-state index in [1.54, 1.807) is 41.2 Å². The van der Waals surface area contributed by atoms with Gasteiger partial charge in [-0.15, -0.1) is 0 Å². The highest BCUT2D eigenvalue weighted by Gasteiger charge is 2.38. The van der Waals surface area contributed by atoms with E-state index in [9.17, 15) is 14.0 Å². The smallest absolute Gasteiger partial charge is 0.228 e. The van der Waals surface area contributed by atoms with Crippen LogP contribution < -0.4 is 9.64 Å². The number of methoxy groups -OCH3 is 1. The number of carbonyl (C=O) groups is 2. The summed E-state index contributed by atoms with van der Waals surface area (Å²) in [5.74, 6) is 0.513. The Hall–Kier alpha value is -3.68. The highest BCUT2D eigenvalue weighted by atomic mass is 19.1. The normalized spacial score (nSPS) is 18.1. The average molecular weight is 435 g/mol. The van der Waals surface area contributed by atoms with Crippen molar-refractivity contribution in [3.05, 3.63) is 65.6 Å². The van der Waals surface area contributed by atoms with Gasteiger partial charge in [0.1, 0.15) is 17.3 Å². The van der Waals surface area contributed by atoms with Gasteiger partial charge in [-0.1, -0.05) is 5.16 Å². The number of rotatable bonds is 4. The molecule has 8 heteroatoms. The van der Waals surface area contributed by atoms with Gasteiger partial charge in [-0.3, -0.25) is 9.59 Å². The summed E-state index contributed by atoms with van der Waals surface area (Å²) in [4.78, 5) is 29.2. The molecular formula is C24H22FN3O4. The molecule has 7 nitrogen and oxygen atoms in total. The number of carbonyl (C=O) groups excluding carboxylic acids is 2. The van der Waals surface area contributed by atoms with Gasteiger partial charge in [-0.05, 0) is 55.0 Å². The van der Waals surface area contributed by atoms with Crippen molar-refractivity contribution in [2.75, 3.05) is 25.1 Å². The summed E-state index contributed by atoms with van der Waals surface area (Å²) in [5.41, 5.74) is 3.17. The summed E-state index contributed by atoms with van der Waals surface area (Å²) in [5, 5.41) is 4.16. The molecule has 0 N–H and O–H groups in total. The largest absolute Gasteiger partial charge is 0.497 e. The number of hydrogen-bond donors (Lipinski definition) is 0. The van der Waals surface area contributed by atoms with Gasteiger partial charge < -0.3 is 19.1 Å². The quantitative estimate of drug-likeness (QED) is 0.628. The first-order valence-electron chi connectivity index (χ1n) is 10.5. The number of nitrogens with zero attached hydrogens (tertiary/aromatic N) is 3. The molecule has 0 aliphatic carbocycles. The fraction of sp³-hybridized carbons (Fsp3) is 0.292. The second kappa shape index (κ2) is 8.11. The van der Waals surface area contributed by atoms with E-state index in [0.717, 1.165) is 16.8 Å². The van der Waals surface area contributed by atoms with E-state index in [2.05, 4.69) is 5.16 Å². The minimum atomic E-state index is -0.394. The lowest BCUT2D eigenvalue weighted by Crippen LogP contribution is -2.40. The fourth-order valence-electron chi connectivity index (χ4n) is 4.39. The van der Waals surface area contributed by atoms with E-state index >= 15 is 0 Å². The molecule has 164 valence electrons. The molecule has 0 spiro atoms. The van der Waals surface area contributed by atoms with Crippen molar-refractivity contribution in [2.24, 2.45) is 5.92 Å². The molecule has 2 aliphatic rings.